The summed E-state index contributed by atoms with van der Waals surface area (Å²) in [6, 6.07) is 10.7. The Morgan fingerprint density at radius 2 is 2.00 bits per heavy atom. The van der Waals surface area contributed by atoms with Gasteiger partial charge < -0.3 is 4.90 Å². The maximum Gasteiger partial charge on any atom is 0.238 e. The van der Waals surface area contributed by atoms with Gasteiger partial charge in [0.05, 0.1) is 6.54 Å². The van der Waals surface area contributed by atoms with Crippen LogP contribution in [0.2, 0.25) is 0 Å². The van der Waals surface area contributed by atoms with Gasteiger partial charge in [-0.2, -0.15) is 0 Å². The number of benzene rings is 1. The summed E-state index contributed by atoms with van der Waals surface area (Å²) in [5, 5.41) is 3.38. The van der Waals surface area contributed by atoms with Gasteiger partial charge in [-0.1, -0.05) is 50.6 Å². The molecule has 2 fully saturated rings. The van der Waals surface area contributed by atoms with Crippen molar-refractivity contribution in [3.63, 3.8) is 0 Å². The van der Waals surface area contributed by atoms with Gasteiger partial charge in [0, 0.05) is 6.04 Å². The molecule has 4 atom stereocenters. The molecule has 1 saturated carbocycles. The van der Waals surface area contributed by atoms with Crippen LogP contribution in [0.1, 0.15) is 44.8 Å². The molecule has 1 amide bonds. The number of carbonyl (C=O) groups excluding carboxylic acids is 1. The molecule has 0 aromatic heterocycles. The highest BCUT2D eigenvalue weighted by Gasteiger charge is 2.43. The molecule has 1 aliphatic heterocycles. The normalized spacial score (nSPS) is 33.9. The number of rotatable bonds is 3. The highest BCUT2D eigenvalue weighted by atomic mass is 16.2. The largest absolute Gasteiger partial charge is 0.319 e. The summed E-state index contributed by atoms with van der Waals surface area (Å²) >= 11 is 0. The summed E-state index contributed by atoms with van der Waals surface area (Å²) in [7, 11) is 0. The molecule has 1 aliphatic carbocycles. The molecule has 0 bridgehead atoms. The standard InChI is InChI=1S/C17H24N2O/c1-3-13-9-10-15(12(13)2)19-16(20)11-18-17(19)14-7-5-4-6-8-14/h4-8,12-13,15,17-18H,3,9-11H2,1-2H3. The van der Waals surface area contributed by atoms with Crippen molar-refractivity contribution in [1.29, 1.82) is 0 Å². The fourth-order valence-corrected chi connectivity index (χ4v) is 4.00. The zero-order valence-corrected chi connectivity index (χ0v) is 12.4. The second-order valence-electron chi connectivity index (χ2n) is 6.17. The summed E-state index contributed by atoms with van der Waals surface area (Å²) in [5.41, 5.74) is 1.20. The van der Waals surface area contributed by atoms with Crippen molar-refractivity contribution in [2.24, 2.45) is 11.8 Å². The van der Waals surface area contributed by atoms with E-state index in [-0.39, 0.29) is 12.1 Å². The minimum Gasteiger partial charge on any atom is -0.319 e. The van der Waals surface area contributed by atoms with Gasteiger partial charge in [-0.05, 0) is 30.2 Å². The second-order valence-corrected chi connectivity index (χ2v) is 6.17. The van der Waals surface area contributed by atoms with E-state index in [0.29, 0.717) is 18.5 Å². The van der Waals surface area contributed by atoms with Crippen LogP contribution in [0.3, 0.4) is 0 Å². The first-order chi connectivity index (χ1) is 9.72. The lowest BCUT2D eigenvalue weighted by atomic mass is 9.92. The summed E-state index contributed by atoms with van der Waals surface area (Å²) in [6.45, 7) is 5.06. The molecule has 3 rings (SSSR count). The maximum absolute atomic E-state index is 12.3. The zero-order valence-electron chi connectivity index (χ0n) is 12.4. The molecule has 3 nitrogen and oxygen atoms in total. The van der Waals surface area contributed by atoms with Crippen LogP contribution in [-0.2, 0) is 4.79 Å². The number of nitrogens with zero attached hydrogens (tertiary/aromatic N) is 1. The van der Waals surface area contributed by atoms with Crippen LogP contribution >= 0.6 is 0 Å². The lowest BCUT2D eigenvalue weighted by molar-refractivity contribution is -0.131. The van der Waals surface area contributed by atoms with Crippen molar-refractivity contribution in [2.45, 2.75) is 45.3 Å². The van der Waals surface area contributed by atoms with E-state index < -0.39 is 0 Å². The Hall–Kier alpha value is -1.35. The van der Waals surface area contributed by atoms with E-state index >= 15 is 0 Å². The lowest BCUT2D eigenvalue weighted by Gasteiger charge is -2.34. The third kappa shape index (κ3) is 2.24. The quantitative estimate of drug-likeness (QED) is 0.917. The molecule has 20 heavy (non-hydrogen) atoms. The van der Waals surface area contributed by atoms with Crippen LogP contribution in [-0.4, -0.2) is 23.4 Å². The van der Waals surface area contributed by atoms with Crippen LogP contribution in [0, 0.1) is 11.8 Å². The Labute approximate surface area is 121 Å². The predicted octanol–water partition coefficient (Wildman–Crippen LogP) is 2.94. The van der Waals surface area contributed by atoms with Gasteiger partial charge in [0.2, 0.25) is 5.91 Å². The van der Waals surface area contributed by atoms with Gasteiger partial charge in [0.25, 0.3) is 0 Å². The molecule has 0 radical (unpaired) electrons. The molecule has 108 valence electrons. The van der Waals surface area contributed by atoms with Gasteiger partial charge in [-0.3, -0.25) is 10.1 Å². The molecule has 0 spiro atoms. The van der Waals surface area contributed by atoms with E-state index in [1.165, 1.54) is 18.4 Å². The summed E-state index contributed by atoms with van der Waals surface area (Å²) in [5.74, 6) is 1.63. The van der Waals surface area contributed by atoms with Crippen LogP contribution in [0.25, 0.3) is 0 Å². The van der Waals surface area contributed by atoms with Crippen molar-refractivity contribution in [3.05, 3.63) is 35.9 Å². The fourth-order valence-electron chi connectivity index (χ4n) is 4.00. The number of carbonyl (C=O) groups is 1. The molecule has 1 aromatic rings. The summed E-state index contributed by atoms with van der Waals surface area (Å²) in [4.78, 5) is 14.5. The third-order valence-electron chi connectivity index (χ3n) is 5.19. The first kappa shape index (κ1) is 13.6. The number of amides is 1. The van der Waals surface area contributed by atoms with Crippen LogP contribution in [0.15, 0.2) is 30.3 Å². The minimum absolute atomic E-state index is 0.0618. The third-order valence-corrected chi connectivity index (χ3v) is 5.19. The van der Waals surface area contributed by atoms with Gasteiger partial charge in [0.15, 0.2) is 0 Å². The van der Waals surface area contributed by atoms with E-state index in [4.69, 9.17) is 0 Å². The summed E-state index contributed by atoms with van der Waals surface area (Å²) < 4.78 is 0. The van der Waals surface area contributed by atoms with Crippen molar-refractivity contribution in [1.82, 2.24) is 10.2 Å². The fraction of sp³-hybridized carbons (Fsp3) is 0.588. The van der Waals surface area contributed by atoms with Crippen LogP contribution in [0.5, 0.6) is 0 Å². The maximum atomic E-state index is 12.3. The van der Waals surface area contributed by atoms with Gasteiger partial charge in [-0.25, -0.2) is 0 Å². The molecule has 2 aliphatic rings. The monoisotopic (exact) mass is 272 g/mol. The van der Waals surface area contributed by atoms with Gasteiger partial charge >= 0.3 is 0 Å². The Balaban J connectivity index is 1.85. The molecule has 4 unspecified atom stereocenters. The second kappa shape index (κ2) is 5.57. The number of hydrogen-bond donors (Lipinski definition) is 1. The number of nitrogens with one attached hydrogen (secondary N) is 1. The van der Waals surface area contributed by atoms with Crippen molar-refractivity contribution in [2.75, 3.05) is 6.54 Å². The minimum atomic E-state index is 0.0618. The van der Waals surface area contributed by atoms with E-state index in [1.54, 1.807) is 0 Å². The molecule has 1 saturated heterocycles. The predicted molar refractivity (Wildman–Crippen MR) is 80.0 cm³/mol. The highest BCUT2D eigenvalue weighted by molar-refractivity contribution is 5.81. The Bertz CT molecular complexity index is 473. The Morgan fingerprint density at radius 3 is 2.65 bits per heavy atom. The van der Waals surface area contributed by atoms with Crippen molar-refractivity contribution in [3.8, 4) is 0 Å². The topological polar surface area (TPSA) is 32.3 Å². The first-order valence-corrected chi connectivity index (χ1v) is 7.82. The number of hydrogen-bond acceptors (Lipinski definition) is 2. The Kier molecular flexibility index (Phi) is 3.79. The van der Waals surface area contributed by atoms with Crippen LogP contribution in [0.4, 0.5) is 0 Å². The molecule has 1 aromatic carbocycles. The van der Waals surface area contributed by atoms with Crippen LogP contribution < -0.4 is 5.32 Å². The average Bonchev–Trinajstić information content (AvgIpc) is 3.02. The average molecular weight is 272 g/mol. The molecule has 1 heterocycles. The highest BCUT2D eigenvalue weighted by Crippen LogP contribution is 2.40. The zero-order chi connectivity index (χ0) is 14.1. The molecular weight excluding hydrogens is 248 g/mol. The molecule has 1 N–H and O–H groups in total. The smallest absolute Gasteiger partial charge is 0.238 e. The lowest BCUT2D eigenvalue weighted by Crippen LogP contribution is -2.41. The Morgan fingerprint density at radius 1 is 1.25 bits per heavy atom. The van der Waals surface area contributed by atoms with Gasteiger partial charge in [0.1, 0.15) is 6.17 Å². The molecule has 3 heteroatoms. The van der Waals surface area contributed by atoms with E-state index in [2.05, 4.69) is 36.2 Å². The summed E-state index contributed by atoms with van der Waals surface area (Å²) in [6.07, 6.45) is 3.69. The van der Waals surface area contributed by atoms with Crippen molar-refractivity contribution >= 4 is 5.91 Å². The van der Waals surface area contributed by atoms with Gasteiger partial charge in [-0.15, -0.1) is 0 Å². The first-order valence-electron chi connectivity index (χ1n) is 7.82. The van der Waals surface area contributed by atoms with E-state index in [9.17, 15) is 4.79 Å². The SMILES string of the molecule is CCC1CCC(N2C(=O)CNC2c2ccccc2)C1C. The van der Waals surface area contributed by atoms with E-state index in [1.807, 2.05) is 18.2 Å². The molecular formula is C17H24N2O. The van der Waals surface area contributed by atoms with Crippen molar-refractivity contribution < 1.29 is 4.79 Å². The van der Waals surface area contributed by atoms with E-state index in [0.717, 1.165) is 12.3 Å².